The van der Waals surface area contributed by atoms with Crippen molar-refractivity contribution in [2.24, 2.45) is 0 Å². The minimum atomic E-state index is -1.26. The molecule has 2 bridgehead atoms. The average Bonchev–Trinajstić information content (AvgIpc) is 2.73. The maximum atomic E-state index is 14.0. The van der Waals surface area contributed by atoms with E-state index in [9.17, 15) is 14.3 Å². The Kier molecular flexibility index (Phi) is 5.74. The third-order valence-corrected chi connectivity index (χ3v) is 6.27. The van der Waals surface area contributed by atoms with Crippen molar-refractivity contribution in [3.05, 3.63) is 71.0 Å². The molecule has 30 heavy (non-hydrogen) atoms. The van der Waals surface area contributed by atoms with Crippen molar-refractivity contribution in [2.75, 3.05) is 0 Å². The van der Waals surface area contributed by atoms with E-state index in [1.807, 2.05) is 30.3 Å². The lowest BCUT2D eigenvalue weighted by molar-refractivity contribution is -0.0901. The third-order valence-electron chi connectivity index (χ3n) is 6.27. The standard InChI is InChI=1S/C24H25FN2O3/c25-19-10-9-18(11-12-26)22(13-19)24(29)14-20-7-4-8-21(15-24)27(20)23(28)30-16-17-5-2-1-3-6-17/h1-3,5-6,9-10,13,20-21,29H,4,7-8,11,14-16H2. The Hall–Kier alpha value is -2.91. The molecule has 0 spiro atoms. The largest absolute Gasteiger partial charge is 0.445 e. The van der Waals surface area contributed by atoms with E-state index in [-0.39, 0.29) is 31.2 Å². The second-order valence-electron chi connectivity index (χ2n) is 8.26. The second kappa shape index (κ2) is 8.45. The maximum Gasteiger partial charge on any atom is 0.410 e. The first-order valence-corrected chi connectivity index (χ1v) is 10.4. The summed E-state index contributed by atoms with van der Waals surface area (Å²) in [5.41, 5.74) is 0.767. The van der Waals surface area contributed by atoms with Gasteiger partial charge in [-0.1, -0.05) is 36.4 Å². The molecule has 2 aliphatic rings. The number of nitrogens with zero attached hydrogens (tertiary/aromatic N) is 2. The first kappa shape index (κ1) is 20.4. The molecule has 0 aromatic heterocycles. The van der Waals surface area contributed by atoms with Crippen molar-refractivity contribution in [2.45, 2.75) is 62.8 Å². The van der Waals surface area contributed by atoms with Crippen LogP contribution in [-0.4, -0.2) is 28.2 Å². The van der Waals surface area contributed by atoms with E-state index in [2.05, 4.69) is 6.07 Å². The molecule has 1 amide bonds. The first-order chi connectivity index (χ1) is 14.5. The molecule has 0 saturated carbocycles. The van der Waals surface area contributed by atoms with Crippen molar-refractivity contribution in [1.82, 2.24) is 4.90 Å². The van der Waals surface area contributed by atoms with Gasteiger partial charge in [-0.05, 0) is 48.1 Å². The SMILES string of the molecule is N#CCc1ccc(F)cc1C1(O)CC2CCCC(C1)N2C(=O)OCc1ccccc1. The summed E-state index contributed by atoms with van der Waals surface area (Å²) in [5, 5.41) is 20.7. The Labute approximate surface area is 175 Å². The summed E-state index contributed by atoms with van der Waals surface area (Å²) >= 11 is 0. The molecule has 0 radical (unpaired) electrons. The summed E-state index contributed by atoms with van der Waals surface area (Å²) in [5.74, 6) is -0.435. The Bertz CT molecular complexity index is 943. The van der Waals surface area contributed by atoms with Crippen LogP contribution in [-0.2, 0) is 23.4 Å². The highest BCUT2D eigenvalue weighted by Crippen LogP contribution is 2.45. The molecular weight excluding hydrogens is 383 g/mol. The van der Waals surface area contributed by atoms with Crippen molar-refractivity contribution in [1.29, 1.82) is 5.26 Å². The van der Waals surface area contributed by atoms with Crippen LogP contribution in [0.4, 0.5) is 9.18 Å². The third kappa shape index (κ3) is 4.03. The highest BCUT2D eigenvalue weighted by atomic mass is 19.1. The number of hydrogen-bond acceptors (Lipinski definition) is 4. The molecule has 156 valence electrons. The molecule has 4 rings (SSSR count). The molecule has 5 nitrogen and oxygen atoms in total. The number of fused-ring (bicyclic) bond motifs is 2. The number of ether oxygens (including phenoxy) is 1. The summed E-state index contributed by atoms with van der Waals surface area (Å²) in [4.78, 5) is 14.6. The highest BCUT2D eigenvalue weighted by molar-refractivity contribution is 5.69. The van der Waals surface area contributed by atoms with E-state index in [4.69, 9.17) is 10.00 Å². The summed E-state index contributed by atoms with van der Waals surface area (Å²) in [6.07, 6.45) is 2.87. The van der Waals surface area contributed by atoms with Crippen LogP contribution in [0.1, 0.15) is 48.8 Å². The first-order valence-electron chi connectivity index (χ1n) is 10.4. The molecular formula is C24H25FN2O3. The molecule has 2 saturated heterocycles. The van der Waals surface area contributed by atoms with Crippen LogP contribution >= 0.6 is 0 Å². The molecule has 2 unspecified atom stereocenters. The van der Waals surface area contributed by atoms with E-state index in [1.54, 1.807) is 11.0 Å². The number of benzene rings is 2. The van der Waals surface area contributed by atoms with Gasteiger partial charge in [-0.2, -0.15) is 5.26 Å². The van der Waals surface area contributed by atoms with Gasteiger partial charge >= 0.3 is 6.09 Å². The topological polar surface area (TPSA) is 73.6 Å². The Balaban J connectivity index is 1.54. The zero-order chi connectivity index (χ0) is 21.1. The summed E-state index contributed by atoms with van der Waals surface area (Å²) in [7, 11) is 0. The number of rotatable bonds is 4. The highest BCUT2D eigenvalue weighted by Gasteiger charge is 2.49. The number of carbonyl (C=O) groups is 1. The fraction of sp³-hybridized carbons (Fsp3) is 0.417. The molecule has 2 aromatic carbocycles. The fourth-order valence-corrected chi connectivity index (χ4v) is 4.96. The molecule has 2 aromatic rings. The lowest BCUT2D eigenvalue weighted by Crippen LogP contribution is -2.59. The Morgan fingerprint density at radius 2 is 1.90 bits per heavy atom. The second-order valence-corrected chi connectivity index (χ2v) is 8.26. The van der Waals surface area contributed by atoms with Gasteiger partial charge in [0.1, 0.15) is 12.4 Å². The van der Waals surface area contributed by atoms with Gasteiger partial charge in [-0.3, -0.25) is 0 Å². The molecule has 1 N–H and O–H groups in total. The average molecular weight is 408 g/mol. The predicted octanol–water partition coefficient (Wildman–Crippen LogP) is 4.43. The number of amides is 1. The molecule has 6 heteroatoms. The van der Waals surface area contributed by atoms with Gasteiger partial charge in [0.05, 0.1) is 18.1 Å². The molecule has 2 fully saturated rings. The smallest absolute Gasteiger partial charge is 0.410 e. The summed E-state index contributed by atoms with van der Waals surface area (Å²) in [6, 6.07) is 15.5. The van der Waals surface area contributed by atoms with Crippen molar-refractivity contribution in [3.63, 3.8) is 0 Å². The van der Waals surface area contributed by atoms with E-state index < -0.39 is 11.4 Å². The van der Waals surface area contributed by atoms with Gasteiger partial charge in [0.15, 0.2) is 0 Å². The number of halogens is 1. The van der Waals surface area contributed by atoms with Gasteiger partial charge in [0, 0.05) is 24.9 Å². The zero-order valence-electron chi connectivity index (χ0n) is 16.8. The van der Waals surface area contributed by atoms with Crippen molar-refractivity contribution >= 4 is 6.09 Å². The lowest BCUT2D eigenvalue weighted by Gasteiger charge is -2.51. The van der Waals surface area contributed by atoms with Crippen LogP contribution in [0.2, 0.25) is 0 Å². The number of aliphatic hydroxyl groups is 1. The van der Waals surface area contributed by atoms with Crippen LogP contribution in [0.15, 0.2) is 48.5 Å². The van der Waals surface area contributed by atoms with Crippen LogP contribution < -0.4 is 0 Å². The summed E-state index contributed by atoms with van der Waals surface area (Å²) < 4.78 is 19.6. The van der Waals surface area contributed by atoms with Crippen LogP contribution in [0.25, 0.3) is 0 Å². The number of nitriles is 1. The lowest BCUT2D eigenvalue weighted by atomic mass is 9.71. The van der Waals surface area contributed by atoms with Crippen molar-refractivity contribution in [3.8, 4) is 6.07 Å². The van der Waals surface area contributed by atoms with Gasteiger partial charge < -0.3 is 14.7 Å². The van der Waals surface area contributed by atoms with E-state index in [0.717, 1.165) is 24.8 Å². The molecule has 2 atom stereocenters. The number of hydrogen-bond donors (Lipinski definition) is 1. The van der Waals surface area contributed by atoms with Gasteiger partial charge in [-0.15, -0.1) is 0 Å². The van der Waals surface area contributed by atoms with Crippen LogP contribution in [0.5, 0.6) is 0 Å². The number of carbonyl (C=O) groups excluding carboxylic acids is 1. The molecule has 0 aliphatic carbocycles. The quantitative estimate of drug-likeness (QED) is 0.812. The minimum Gasteiger partial charge on any atom is -0.445 e. The zero-order valence-corrected chi connectivity index (χ0v) is 16.8. The predicted molar refractivity (Wildman–Crippen MR) is 109 cm³/mol. The minimum absolute atomic E-state index is 0.107. The Morgan fingerprint density at radius 1 is 1.20 bits per heavy atom. The number of piperidine rings is 2. The molecule has 2 heterocycles. The van der Waals surface area contributed by atoms with Crippen LogP contribution in [0, 0.1) is 17.1 Å². The van der Waals surface area contributed by atoms with Gasteiger partial charge in [-0.25, -0.2) is 9.18 Å². The maximum absolute atomic E-state index is 14.0. The van der Waals surface area contributed by atoms with E-state index >= 15 is 0 Å². The normalized spacial score (nSPS) is 25.4. The monoisotopic (exact) mass is 408 g/mol. The van der Waals surface area contributed by atoms with Gasteiger partial charge in [0.2, 0.25) is 0 Å². The van der Waals surface area contributed by atoms with Gasteiger partial charge in [0.25, 0.3) is 0 Å². The van der Waals surface area contributed by atoms with E-state index in [1.165, 1.54) is 12.1 Å². The molecule has 2 aliphatic heterocycles. The Morgan fingerprint density at radius 3 is 2.57 bits per heavy atom. The fourth-order valence-electron chi connectivity index (χ4n) is 4.96. The summed E-state index contributed by atoms with van der Waals surface area (Å²) in [6.45, 7) is 0.204. The van der Waals surface area contributed by atoms with Crippen molar-refractivity contribution < 1.29 is 19.0 Å². The van der Waals surface area contributed by atoms with Crippen LogP contribution in [0.3, 0.4) is 0 Å². The van der Waals surface area contributed by atoms with E-state index in [0.29, 0.717) is 24.0 Å².